The first-order valence-electron chi connectivity index (χ1n) is 4.65. The van der Waals surface area contributed by atoms with Crippen LogP contribution < -0.4 is 5.73 Å². The van der Waals surface area contributed by atoms with E-state index in [1.807, 2.05) is 0 Å². The Morgan fingerprint density at radius 2 is 2.08 bits per heavy atom. The van der Waals surface area contributed by atoms with Gasteiger partial charge in [-0.2, -0.15) is 0 Å². The monoisotopic (exact) mass is 189 g/mol. The SMILES string of the molecule is NC(CCC1CCCC1)C(=O)Cl. The van der Waals surface area contributed by atoms with Crippen LogP contribution >= 0.6 is 11.6 Å². The van der Waals surface area contributed by atoms with E-state index in [1.165, 1.54) is 25.7 Å². The number of halogens is 1. The molecule has 3 heteroatoms. The minimum Gasteiger partial charge on any atom is -0.320 e. The van der Waals surface area contributed by atoms with Crippen molar-refractivity contribution in [2.24, 2.45) is 11.7 Å². The molecular weight excluding hydrogens is 174 g/mol. The third-order valence-electron chi connectivity index (χ3n) is 2.65. The van der Waals surface area contributed by atoms with Gasteiger partial charge in [0.15, 0.2) is 0 Å². The maximum absolute atomic E-state index is 10.6. The van der Waals surface area contributed by atoms with E-state index in [0.717, 1.165) is 18.8 Å². The highest BCUT2D eigenvalue weighted by molar-refractivity contribution is 6.64. The standard InChI is InChI=1S/C9H16ClNO/c10-9(12)8(11)6-5-7-3-1-2-4-7/h7-8H,1-6,11H2. The Labute approximate surface area is 78.5 Å². The molecule has 0 amide bonds. The Bertz CT molecular complexity index is 155. The molecule has 1 fully saturated rings. The lowest BCUT2D eigenvalue weighted by Gasteiger charge is -2.10. The van der Waals surface area contributed by atoms with Gasteiger partial charge < -0.3 is 5.73 Å². The zero-order valence-electron chi connectivity index (χ0n) is 7.26. The first-order valence-corrected chi connectivity index (χ1v) is 5.03. The van der Waals surface area contributed by atoms with Crippen molar-refractivity contribution in [2.75, 3.05) is 0 Å². The lowest BCUT2D eigenvalue weighted by Crippen LogP contribution is -2.27. The summed E-state index contributed by atoms with van der Waals surface area (Å²) in [6.07, 6.45) is 7.13. The summed E-state index contributed by atoms with van der Waals surface area (Å²) in [7, 11) is 0. The molecule has 1 saturated carbocycles. The zero-order chi connectivity index (χ0) is 8.97. The highest BCUT2D eigenvalue weighted by Crippen LogP contribution is 2.28. The molecule has 2 N–H and O–H groups in total. The van der Waals surface area contributed by atoms with E-state index >= 15 is 0 Å². The summed E-state index contributed by atoms with van der Waals surface area (Å²) < 4.78 is 0. The molecule has 2 nitrogen and oxygen atoms in total. The second-order valence-corrected chi connectivity index (χ2v) is 4.01. The minimum absolute atomic E-state index is 0.395. The van der Waals surface area contributed by atoms with Crippen molar-refractivity contribution < 1.29 is 4.79 Å². The van der Waals surface area contributed by atoms with E-state index in [4.69, 9.17) is 17.3 Å². The molecular formula is C9H16ClNO. The zero-order valence-corrected chi connectivity index (χ0v) is 8.02. The van der Waals surface area contributed by atoms with Gasteiger partial charge in [0.1, 0.15) is 0 Å². The van der Waals surface area contributed by atoms with Crippen LogP contribution in [0.4, 0.5) is 0 Å². The summed E-state index contributed by atoms with van der Waals surface area (Å²) in [5.74, 6) is 0.798. The Balaban J connectivity index is 2.11. The van der Waals surface area contributed by atoms with E-state index < -0.39 is 11.3 Å². The van der Waals surface area contributed by atoms with Crippen LogP contribution in [0.15, 0.2) is 0 Å². The van der Waals surface area contributed by atoms with E-state index in [9.17, 15) is 4.79 Å². The van der Waals surface area contributed by atoms with Gasteiger partial charge in [0.05, 0.1) is 6.04 Å². The first kappa shape index (κ1) is 10.0. The van der Waals surface area contributed by atoms with Gasteiger partial charge in [-0.15, -0.1) is 0 Å². The molecule has 0 spiro atoms. The fraction of sp³-hybridized carbons (Fsp3) is 0.889. The van der Waals surface area contributed by atoms with Gasteiger partial charge in [0.2, 0.25) is 5.24 Å². The van der Waals surface area contributed by atoms with E-state index in [2.05, 4.69) is 0 Å². The average molecular weight is 190 g/mol. The molecule has 0 aromatic carbocycles. The third kappa shape index (κ3) is 3.11. The summed E-state index contributed by atoms with van der Waals surface area (Å²) in [5.41, 5.74) is 5.51. The van der Waals surface area contributed by atoms with Gasteiger partial charge in [-0.3, -0.25) is 4.79 Å². The van der Waals surface area contributed by atoms with Crippen LogP contribution in [0.1, 0.15) is 38.5 Å². The minimum atomic E-state index is -0.438. The normalized spacial score (nSPS) is 21.2. The number of carbonyl (C=O) groups is 1. The predicted molar refractivity (Wildman–Crippen MR) is 50.0 cm³/mol. The molecule has 0 aromatic heterocycles. The average Bonchev–Trinajstić information content (AvgIpc) is 2.51. The second-order valence-electron chi connectivity index (χ2n) is 3.64. The molecule has 1 aliphatic rings. The quantitative estimate of drug-likeness (QED) is 0.688. The van der Waals surface area contributed by atoms with Crippen LogP contribution in [0, 0.1) is 5.92 Å². The van der Waals surface area contributed by atoms with Gasteiger partial charge in [-0.05, 0) is 30.4 Å². The molecule has 1 aliphatic carbocycles. The topological polar surface area (TPSA) is 43.1 Å². The maximum atomic E-state index is 10.6. The molecule has 0 bridgehead atoms. The summed E-state index contributed by atoms with van der Waals surface area (Å²) in [6.45, 7) is 0. The molecule has 0 heterocycles. The summed E-state index contributed by atoms with van der Waals surface area (Å²) in [6, 6.07) is -0.438. The number of nitrogens with two attached hydrogens (primary N) is 1. The highest BCUT2D eigenvalue weighted by atomic mass is 35.5. The molecule has 0 aromatic rings. The van der Waals surface area contributed by atoms with Crippen LogP contribution in [-0.2, 0) is 4.79 Å². The summed E-state index contributed by atoms with van der Waals surface area (Å²) >= 11 is 5.25. The number of rotatable bonds is 4. The fourth-order valence-corrected chi connectivity index (χ4v) is 1.94. The van der Waals surface area contributed by atoms with E-state index in [0.29, 0.717) is 0 Å². The van der Waals surface area contributed by atoms with Crippen LogP contribution in [0.2, 0.25) is 0 Å². The molecule has 70 valence electrons. The summed E-state index contributed by atoms with van der Waals surface area (Å²) in [4.78, 5) is 10.6. The number of carbonyl (C=O) groups excluding carboxylic acids is 1. The molecule has 0 aliphatic heterocycles. The van der Waals surface area contributed by atoms with Crippen LogP contribution in [0.3, 0.4) is 0 Å². The molecule has 1 atom stereocenters. The van der Waals surface area contributed by atoms with Crippen LogP contribution in [0.25, 0.3) is 0 Å². The lowest BCUT2D eigenvalue weighted by atomic mass is 9.99. The van der Waals surface area contributed by atoms with Crippen molar-refractivity contribution in [1.29, 1.82) is 0 Å². The van der Waals surface area contributed by atoms with Crippen molar-refractivity contribution >= 4 is 16.8 Å². The molecule has 1 unspecified atom stereocenters. The predicted octanol–water partition coefficient (Wildman–Crippen LogP) is 2.05. The largest absolute Gasteiger partial charge is 0.320 e. The second kappa shape index (κ2) is 4.83. The third-order valence-corrected chi connectivity index (χ3v) is 2.93. The van der Waals surface area contributed by atoms with Crippen LogP contribution in [0.5, 0.6) is 0 Å². The Morgan fingerprint density at radius 3 is 2.58 bits per heavy atom. The highest BCUT2D eigenvalue weighted by Gasteiger charge is 2.17. The molecule has 1 rings (SSSR count). The van der Waals surface area contributed by atoms with Crippen molar-refractivity contribution in [3.05, 3.63) is 0 Å². The van der Waals surface area contributed by atoms with Crippen molar-refractivity contribution in [3.63, 3.8) is 0 Å². The molecule has 0 saturated heterocycles. The van der Waals surface area contributed by atoms with Gasteiger partial charge >= 0.3 is 0 Å². The number of hydrogen-bond acceptors (Lipinski definition) is 2. The van der Waals surface area contributed by atoms with E-state index in [1.54, 1.807) is 0 Å². The number of hydrogen-bond donors (Lipinski definition) is 1. The van der Waals surface area contributed by atoms with Gasteiger partial charge in [0.25, 0.3) is 0 Å². The van der Waals surface area contributed by atoms with Gasteiger partial charge in [-0.25, -0.2) is 0 Å². The Morgan fingerprint density at radius 1 is 1.50 bits per heavy atom. The van der Waals surface area contributed by atoms with E-state index in [-0.39, 0.29) is 0 Å². The lowest BCUT2D eigenvalue weighted by molar-refractivity contribution is -0.113. The van der Waals surface area contributed by atoms with Crippen LogP contribution in [-0.4, -0.2) is 11.3 Å². The van der Waals surface area contributed by atoms with Gasteiger partial charge in [-0.1, -0.05) is 25.7 Å². The molecule has 12 heavy (non-hydrogen) atoms. The van der Waals surface area contributed by atoms with Crippen molar-refractivity contribution in [3.8, 4) is 0 Å². The first-order chi connectivity index (χ1) is 5.70. The maximum Gasteiger partial charge on any atom is 0.238 e. The van der Waals surface area contributed by atoms with Crippen molar-refractivity contribution in [2.45, 2.75) is 44.6 Å². The Hall–Kier alpha value is -0.0800. The molecule has 0 radical (unpaired) electrons. The smallest absolute Gasteiger partial charge is 0.238 e. The fourth-order valence-electron chi connectivity index (χ4n) is 1.83. The van der Waals surface area contributed by atoms with Gasteiger partial charge in [0, 0.05) is 0 Å². The van der Waals surface area contributed by atoms with Crippen molar-refractivity contribution in [1.82, 2.24) is 0 Å². The summed E-state index contributed by atoms with van der Waals surface area (Å²) in [5, 5.41) is -0.395. The Kier molecular flexibility index (Phi) is 4.02.